The van der Waals surface area contributed by atoms with Gasteiger partial charge in [-0.3, -0.25) is 18.6 Å². The molecule has 0 heterocycles. The number of phosphoric ester groups is 1. The van der Waals surface area contributed by atoms with Crippen molar-refractivity contribution in [2.45, 2.75) is 129 Å². The molecule has 3 atom stereocenters. The Labute approximate surface area is 336 Å². The highest BCUT2D eigenvalue weighted by Crippen LogP contribution is 2.43. The van der Waals surface area contributed by atoms with Crippen LogP contribution in [0.4, 0.5) is 0 Å². The molecule has 0 saturated heterocycles. The van der Waals surface area contributed by atoms with Crippen LogP contribution in [0, 0.1) is 0 Å². The van der Waals surface area contributed by atoms with E-state index in [-0.39, 0.29) is 12.8 Å². The Morgan fingerprint density at radius 1 is 0.571 bits per heavy atom. The van der Waals surface area contributed by atoms with Crippen molar-refractivity contribution in [3.8, 4) is 0 Å². The molecule has 0 bridgehead atoms. The molecule has 11 nitrogen and oxygen atoms in total. The minimum absolute atomic E-state index is 0.0822. The number of carbonyl (C=O) groups is 3. The summed E-state index contributed by atoms with van der Waals surface area (Å²) in [6.07, 6.45) is 48.4. The molecule has 0 fully saturated rings. The van der Waals surface area contributed by atoms with Crippen molar-refractivity contribution in [3.05, 3.63) is 109 Å². The lowest BCUT2D eigenvalue weighted by Gasteiger charge is -2.18. The molecule has 0 radical (unpaired) electrons. The topological polar surface area (TPSA) is 169 Å². The highest BCUT2D eigenvalue weighted by Gasteiger charge is 2.28. The molecule has 0 aliphatic heterocycles. The number of esters is 1. The van der Waals surface area contributed by atoms with E-state index in [2.05, 4.69) is 110 Å². The molecule has 0 spiro atoms. The average Bonchev–Trinajstić information content (AvgIpc) is 3.17. The highest BCUT2D eigenvalue weighted by molar-refractivity contribution is 7.47. The van der Waals surface area contributed by atoms with Crippen LogP contribution in [0.1, 0.15) is 117 Å². The van der Waals surface area contributed by atoms with Crippen molar-refractivity contribution < 1.29 is 47.8 Å². The lowest BCUT2D eigenvalue weighted by molar-refractivity contribution is -0.147. The van der Waals surface area contributed by atoms with E-state index in [1.807, 2.05) is 18.2 Å². The van der Waals surface area contributed by atoms with E-state index in [1.54, 1.807) is 0 Å². The van der Waals surface area contributed by atoms with E-state index in [0.29, 0.717) is 19.3 Å². The summed E-state index contributed by atoms with van der Waals surface area (Å²) in [5.41, 5.74) is 0. The minimum Gasteiger partial charge on any atom is -0.480 e. The third-order valence-corrected chi connectivity index (χ3v) is 8.51. The van der Waals surface area contributed by atoms with E-state index in [4.69, 9.17) is 13.8 Å². The van der Waals surface area contributed by atoms with Crippen molar-refractivity contribution >= 4 is 25.7 Å². The number of carboxylic acid groups (broad SMARTS) is 1. The zero-order chi connectivity index (χ0) is 41.4. The maximum absolute atomic E-state index is 12.3. The fourth-order valence-electron chi connectivity index (χ4n) is 4.51. The SMILES string of the molecule is CC/C=C\C/C=C\C/C=C\C/C=C\C/C=C\CCCC(=O)OCC(O)COP(=O)(O)OCC(NC(=O)CCCC/C=C\C/C=C\C/C=C\C/C=C\CC)C(=O)O. The second-order valence-corrected chi connectivity index (χ2v) is 14.2. The molecule has 56 heavy (non-hydrogen) atoms. The summed E-state index contributed by atoms with van der Waals surface area (Å²) in [6.45, 7) is 2.23. The van der Waals surface area contributed by atoms with Gasteiger partial charge in [-0.05, 0) is 89.9 Å². The van der Waals surface area contributed by atoms with E-state index in [9.17, 15) is 34.1 Å². The third-order valence-electron chi connectivity index (χ3n) is 7.56. The molecule has 0 aromatic heterocycles. The number of unbranched alkanes of at least 4 members (excludes halogenated alkanes) is 3. The standard InChI is InChI=1S/C44H68NO10P/c1-3-5-7-9-11-13-15-17-19-20-22-24-26-28-30-32-34-36-43(48)53-37-40(46)38-54-56(51,52)55-39-41(44(49)50)45-42(47)35-33-31-29-27-25-23-21-18-16-14-12-10-8-6-4-2/h5-8,11-14,17-19,21-22,24-25,27-28,30,40-41,46H,3-4,9-10,15-16,20,23,26,29,31-39H2,1-2H3,(H,45,47)(H,49,50)(H,51,52)/b7-5-,8-6-,13-11-,14-12-,19-17-,21-18-,24-22-,27-25-,30-28-. The number of phosphoric acid groups is 1. The Morgan fingerprint density at radius 2 is 0.982 bits per heavy atom. The van der Waals surface area contributed by atoms with Gasteiger partial charge in [-0.15, -0.1) is 0 Å². The molecule has 0 aromatic rings. The van der Waals surface area contributed by atoms with Crippen molar-refractivity contribution in [2.75, 3.05) is 19.8 Å². The fourth-order valence-corrected chi connectivity index (χ4v) is 5.29. The largest absolute Gasteiger partial charge is 0.480 e. The maximum atomic E-state index is 12.3. The van der Waals surface area contributed by atoms with Crippen LogP contribution in [-0.2, 0) is 32.7 Å². The normalized spacial score (nSPS) is 14.9. The van der Waals surface area contributed by atoms with E-state index in [1.165, 1.54) is 0 Å². The number of aliphatic hydroxyl groups is 1. The third kappa shape index (κ3) is 37.1. The molecule has 0 aromatic carbocycles. The first-order valence-corrected chi connectivity index (χ1v) is 21.4. The first-order valence-electron chi connectivity index (χ1n) is 19.9. The molecular weight excluding hydrogens is 733 g/mol. The molecule has 12 heteroatoms. The predicted octanol–water partition coefficient (Wildman–Crippen LogP) is 9.88. The Kier molecular flexibility index (Phi) is 35.4. The Balaban J connectivity index is 4.10. The number of aliphatic hydroxyl groups excluding tert-OH is 1. The van der Waals surface area contributed by atoms with Gasteiger partial charge < -0.3 is 25.2 Å². The van der Waals surface area contributed by atoms with Crippen molar-refractivity contribution in [1.29, 1.82) is 0 Å². The Bertz CT molecular complexity index is 1360. The van der Waals surface area contributed by atoms with Crippen molar-refractivity contribution in [1.82, 2.24) is 5.32 Å². The van der Waals surface area contributed by atoms with Gasteiger partial charge in [0.1, 0.15) is 12.7 Å². The van der Waals surface area contributed by atoms with Gasteiger partial charge in [0.2, 0.25) is 5.91 Å². The number of allylic oxidation sites excluding steroid dienone is 18. The number of rotatable bonds is 35. The number of aliphatic carboxylic acids is 1. The van der Waals surface area contributed by atoms with Crippen LogP contribution >= 0.6 is 7.82 Å². The zero-order valence-electron chi connectivity index (χ0n) is 33.6. The summed E-state index contributed by atoms with van der Waals surface area (Å²) < 4.78 is 26.7. The van der Waals surface area contributed by atoms with Gasteiger partial charge in [0.15, 0.2) is 6.04 Å². The summed E-state index contributed by atoms with van der Waals surface area (Å²) in [6, 6.07) is -1.58. The van der Waals surface area contributed by atoms with Gasteiger partial charge in [-0.25, -0.2) is 9.36 Å². The average molecular weight is 802 g/mol. The molecule has 0 aliphatic carbocycles. The first kappa shape index (κ1) is 52.1. The summed E-state index contributed by atoms with van der Waals surface area (Å²) in [5, 5.41) is 21.7. The van der Waals surface area contributed by atoms with Crippen molar-refractivity contribution in [3.63, 3.8) is 0 Å². The molecule has 3 unspecified atom stereocenters. The minimum atomic E-state index is -4.79. The number of ether oxygens (including phenoxy) is 1. The number of hydrogen-bond acceptors (Lipinski definition) is 8. The second-order valence-electron chi connectivity index (χ2n) is 12.7. The van der Waals surface area contributed by atoms with Gasteiger partial charge in [-0.2, -0.15) is 0 Å². The zero-order valence-corrected chi connectivity index (χ0v) is 34.5. The fraction of sp³-hybridized carbons (Fsp3) is 0.523. The first-order chi connectivity index (χ1) is 27.1. The van der Waals surface area contributed by atoms with Crippen LogP contribution in [0.5, 0.6) is 0 Å². The van der Waals surface area contributed by atoms with Gasteiger partial charge in [0, 0.05) is 12.8 Å². The summed E-state index contributed by atoms with van der Waals surface area (Å²) >= 11 is 0. The molecule has 0 rings (SSSR count). The van der Waals surface area contributed by atoms with Crippen LogP contribution < -0.4 is 5.32 Å². The lowest BCUT2D eigenvalue weighted by atomic mass is 10.1. The van der Waals surface area contributed by atoms with E-state index in [0.717, 1.165) is 70.6 Å². The number of carbonyl (C=O) groups excluding carboxylic acids is 2. The van der Waals surface area contributed by atoms with E-state index < -0.39 is 57.6 Å². The van der Waals surface area contributed by atoms with Gasteiger partial charge >= 0.3 is 19.8 Å². The van der Waals surface area contributed by atoms with Crippen LogP contribution in [0.2, 0.25) is 0 Å². The summed E-state index contributed by atoms with van der Waals surface area (Å²) in [4.78, 5) is 45.8. The van der Waals surface area contributed by atoms with Crippen LogP contribution in [-0.4, -0.2) is 64.9 Å². The Hall–Kier alpha value is -3.86. The second kappa shape index (κ2) is 38.0. The number of carboxylic acids is 1. The molecular formula is C44H68NO10P. The number of hydrogen-bond donors (Lipinski definition) is 4. The quantitative estimate of drug-likeness (QED) is 0.0210. The number of amides is 1. The van der Waals surface area contributed by atoms with Crippen molar-refractivity contribution in [2.24, 2.45) is 0 Å². The lowest BCUT2D eigenvalue weighted by Crippen LogP contribution is -2.43. The van der Waals surface area contributed by atoms with E-state index >= 15 is 0 Å². The molecule has 1 amide bonds. The van der Waals surface area contributed by atoms with Crippen LogP contribution in [0.25, 0.3) is 0 Å². The van der Waals surface area contributed by atoms with Gasteiger partial charge in [0.05, 0.1) is 13.2 Å². The Morgan fingerprint density at radius 3 is 1.43 bits per heavy atom. The van der Waals surface area contributed by atoms with Gasteiger partial charge in [0.25, 0.3) is 0 Å². The molecule has 314 valence electrons. The maximum Gasteiger partial charge on any atom is 0.472 e. The summed E-state index contributed by atoms with van der Waals surface area (Å²) in [7, 11) is -4.79. The highest BCUT2D eigenvalue weighted by atomic mass is 31.2. The van der Waals surface area contributed by atoms with Crippen LogP contribution in [0.15, 0.2) is 109 Å². The molecule has 4 N–H and O–H groups in total. The smallest absolute Gasteiger partial charge is 0.472 e. The predicted molar refractivity (Wildman–Crippen MR) is 226 cm³/mol. The van der Waals surface area contributed by atoms with Gasteiger partial charge in [-0.1, -0.05) is 123 Å². The number of nitrogens with one attached hydrogen (secondary N) is 1. The monoisotopic (exact) mass is 801 g/mol. The molecule has 0 saturated carbocycles. The summed E-state index contributed by atoms with van der Waals surface area (Å²) in [5.74, 6) is -2.52. The van der Waals surface area contributed by atoms with Crippen LogP contribution in [0.3, 0.4) is 0 Å². The molecule has 0 aliphatic rings.